The van der Waals surface area contributed by atoms with Crippen LogP contribution in [0.2, 0.25) is 0 Å². The molecule has 0 saturated heterocycles. The minimum absolute atomic E-state index is 0.456. The zero-order chi connectivity index (χ0) is 17.7. The van der Waals surface area contributed by atoms with E-state index in [1.54, 1.807) is 0 Å². The first kappa shape index (κ1) is 15.1. The van der Waals surface area contributed by atoms with Gasteiger partial charge < -0.3 is 4.42 Å². The lowest BCUT2D eigenvalue weighted by atomic mass is 10.00. The summed E-state index contributed by atoms with van der Waals surface area (Å²) in [7, 11) is 0. The fraction of sp³-hybridized carbons (Fsp3) is 0.130. The first-order valence-corrected chi connectivity index (χ1v) is 8.87. The maximum Gasteiger partial charge on any atom is 0.227 e. The van der Waals surface area contributed by atoms with Crippen LogP contribution in [-0.4, -0.2) is 9.97 Å². The minimum Gasteiger partial charge on any atom is -0.437 e. The van der Waals surface area contributed by atoms with Crippen LogP contribution in [0.4, 0.5) is 0 Å². The van der Waals surface area contributed by atoms with Crippen LogP contribution in [0.1, 0.15) is 25.3 Å². The average molecular weight is 338 g/mol. The van der Waals surface area contributed by atoms with E-state index in [4.69, 9.17) is 4.42 Å². The predicted octanol–water partition coefficient (Wildman–Crippen LogP) is 6.32. The van der Waals surface area contributed by atoms with Gasteiger partial charge in [0.1, 0.15) is 5.58 Å². The Morgan fingerprint density at radius 2 is 1.73 bits per heavy atom. The quantitative estimate of drug-likeness (QED) is 0.378. The van der Waals surface area contributed by atoms with Gasteiger partial charge in [0, 0.05) is 28.7 Å². The Kier molecular flexibility index (Phi) is 3.29. The summed E-state index contributed by atoms with van der Waals surface area (Å²) in [6.07, 6.45) is 3.75. The number of fused-ring (bicyclic) bond motifs is 5. The topological polar surface area (TPSA) is 38.9 Å². The van der Waals surface area contributed by atoms with Crippen molar-refractivity contribution in [1.82, 2.24) is 9.97 Å². The van der Waals surface area contributed by atoms with Gasteiger partial charge in [-0.15, -0.1) is 0 Å². The summed E-state index contributed by atoms with van der Waals surface area (Å²) in [4.78, 5) is 9.13. The van der Waals surface area contributed by atoms with Crippen molar-refractivity contribution in [2.24, 2.45) is 0 Å². The van der Waals surface area contributed by atoms with E-state index in [0.717, 1.165) is 38.4 Å². The lowest BCUT2D eigenvalue weighted by Crippen LogP contribution is -1.90. The first-order valence-electron chi connectivity index (χ1n) is 8.87. The zero-order valence-electron chi connectivity index (χ0n) is 14.7. The maximum atomic E-state index is 6.20. The zero-order valence-corrected chi connectivity index (χ0v) is 14.7. The predicted molar refractivity (Wildman–Crippen MR) is 106 cm³/mol. The highest BCUT2D eigenvalue weighted by atomic mass is 16.3. The molecule has 26 heavy (non-hydrogen) atoms. The lowest BCUT2D eigenvalue weighted by Gasteiger charge is -2.07. The standard InChI is InChI=1S/C23H18N2O/c1-14(2)15-10-11-24-20(12-15)18-8-5-9-19-21-17-7-4-3-6-16(17)13-25-23(21)26-22(18)19/h3-14H,1-2H3. The van der Waals surface area contributed by atoms with Crippen LogP contribution in [0.25, 0.3) is 44.1 Å². The van der Waals surface area contributed by atoms with Crippen LogP contribution in [0.5, 0.6) is 0 Å². The van der Waals surface area contributed by atoms with Gasteiger partial charge in [0.2, 0.25) is 5.71 Å². The normalized spacial score (nSPS) is 11.8. The molecule has 0 amide bonds. The highest BCUT2D eigenvalue weighted by molar-refractivity contribution is 6.19. The smallest absolute Gasteiger partial charge is 0.227 e. The molecule has 2 aromatic carbocycles. The van der Waals surface area contributed by atoms with E-state index in [1.165, 1.54) is 5.56 Å². The molecule has 0 N–H and O–H groups in total. The molecule has 0 spiro atoms. The highest BCUT2D eigenvalue weighted by Crippen LogP contribution is 2.37. The molecule has 0 aliphatic heterocycles. The maximum absolute atomic E-state index is 6.20. The van der Waals surface area contributed by atoms with Gasteiger partial charge in [-0.3, -0.25) is 4.98 Å². The van der Waals surface area contributed by atoms with Crippen molar-refractivity contribution >= 4 is 32.8 Å². The summed E-state index contributed by atoms with van der Waals surface area (Å²) in [5.41, 5.74) is 4.73. The Bertz CT molecular complexity index is 1270. The average Bonchev–Trinajstić information content (AvgIpc) is 3.07. The largest absolute Gasteiger partial charge is 0.437 e. The van der Waals surface area contributed by atoms with Crippen molar-refractivity contribution in [1.29, 1.82) is 0 Å². The summed E-state index contributed by atoms with van der Waals surface area (Å²) < 4.78 is 6.20. The SMILES string of the molecule is CC(C)c1ccnc(-c2cccc3c2oc2ncc4ccccc4c23)c1. The second-order valence-corrected chi connectivity index (χ2v) is 6.94. The van der Waals surface area contributed by atoms with E-state index in [1.807, 2.05) is 18.5 Å². The van der Waals surface area contributed by atoms with Crippen LogP contribution < -0.4 is 0 Å². The Morgan fingerprint density at radius 3 is 2.62 bits per heavy atom. The second kappa shape index (κ2) is 5.67. The number of para-hydroxylation sites is 1. The number of aromatic nitrogens is 2. The third-order valence-corrected chi connectivity index (χ3v) is 4.97. The molecule has 0 aliphatic carbocycles. The van der Waals surface area contributed by atoms with E-state index >= 15 is 0 Å². The molecule has 0 radical (unpaired) electrons. The van der Waals surface area contributed by atoms with Gasteiger partial charge in [0.05, 0.1) is 11.1 Å². The van der Waals surface area contributed by atoms with Crippen molar-refractivity contribution in [3.63, 3.8) is 0 Å². The summed E-state index contributed by atoms with van der Waals surface area (Å²) in [5, 5.41) is 4.43. The molecule has 0 aliphatic rings. The van der Waals surface area contributed by atoms with Gasteiger partial charge >= 0.3 is 0 Å². The Balaban J connectivity index is 1.86. The van der Waals surface area contributed by atoms with Crippen molar-refractivity contribution in [2.75, 3.05) is 0 Å². The lowest BCUT2D eigenvalue weighted by molar-refractivity contribution is 0.655. The third-order valence-electron chi connectivity index (χ3n) is 4.97. The number of rotatable bonds is 2. The van der Waals surface area contributed by atoms with Gasteiger partial charge in [-0.05, 0) is 35.1 Å². The first-order chi connectivity index (χ1) is 12.7. The van der Waals surface area contributed by atoms with Crippen molar-refractivity contribution in [2.45, 2.75) is 19.8 Å². The molecular weight excluding hydrogens is 320 g/mol. The van der Waals surface area contributed by atoms with Crippen molar-refractivity contribution < 1.29 is 4.42 Å². The molecule has 3 heteroatoms. The molecule has 5 rings (SSSR count). The molecule has 0 bridgehead atoms. The van der Waals surface area contributed by atoms with E-state index in [0.29, 0.717) is 11.6 Å². The van der Waals surface area contributed by atoms with Crippen LogP contribution >= 0.6 is 0 Å². The number of hydrogen-bond acceptors (Lipinski definition) is 3. The highest BCUT2D eigenvalue weighted by Gasteiger charge is 2.16. The van der Waals surface area contributed by atoms with E-state index in [2.05, 4.69) is 72.3 Å². The number of furan rings is 1. The Hall–Kier alpha value is -3.20. The van der Waals surface area contributed by atoms with Crippen LogP contribution in [0.15, 0.2) is 71.4 Å². The van der Waals surface area contributed by atoms with Gasteiger partial charge in [0.15, 0.2) is 0 Å². The van der Waals surface area contributed by atoms with Crippen molar-refractivity contribution in [3.8, 4) is 11.3 Å². The van der Waals surface area contributed by atoms with Crippen molar-refractivity contribution in [3.05, 3.63) is 72.6 Å². The number of benzene rings is 2. The number of pyridine rings is 2. The summed E-state index contributed by atoms with van der Waals surface area (Å²) in [6.45, 7) is 4.38. The molecule has 3 nitrogen and oxygen atoms in total. The number of nitrogens with zero attached hydrogens (tertiary/aromatic N) is 2. The van der Waals surface area contributed by atoms with Gasteiger partial charge in [-0.25, -0.2) is 4.98 Å². The third kappa shape index (κ3) is 2.21. The molecule has 3 heterocycles. The minimum atomic E-state index is 0.456. The Labute approximate surface area is 151 Å². The summed E-state index contributed by atoms with van der Waals surface area (Å²) in [6, 6.07) is 18.8. The number of hydrogen-bond donors (Lipinski definition) is 0. The Morgan fingerprint density at radius 1 is 0.885 bits per heavy atom. The molecule has 0 atom stereocenters. The van der Waals surface area contributed by atoms with Crippen LogP contribution in [0, 0.1) is 0 Å². The molecule has 0 fully saturated rings. The molecular formula is C23H18N2O. The molecule has 0 unspecified atom stereocenters. The fourth-order valence-electron chi connectivity index (χ4n) is 3.58. The summed E-state index contributed by atoms with van der Waals surface area (Å²) >= 11 is 0. The van der Waals surface area contributed by atoms with Gasteiger partial charge in [-0.1, -0.05) is 50.2 Å². The molecule has 3 aromatic heterocycles. The van der Waals surface area contributed by atoms with Gasteiger partial charge in [0.25, 0.3) is 0 Å². The molecule has 0 saturated carbocycles. The van der Waals surface area contributed by atoms with E-state index in [9.17, 15) is 0 Å². The monoisotopic (exact) mass is 338 g/mol. The van der Waals surface area contributed by atoms with Gasteiger partial charge in [-0.2, -0.15) is 0 Å². The molecule has 126 valence electrons. The second-order valence-electron chi connectivity index (χ2n) is 6.94. The van der Waals surface area contributed by atoms with Crippen LogP contribution in [-0.2, 0) is 0 Å². The summed E-state index contributed by atoms with van der Waals surface area (Å²) in [5.74, 6) is 0.456. The fourth-order valence-corrected chi connectivity index (χ4v) is 3.58. The molecule has 5 aromatic rings. The van der Waals surface area contributed by atoms with E-state index < -0.39 is 0 Å². The van der Waals surface area contributed by atoms with Crippen LogP contribution in [0.3, 0.4) is 0 Å². The van der Waals surface area contributed by atoms with E-state index in [-0.39, 0.29) is 0 Å².